The summed E-state index contributed by atoms with van der Waals surface area (Å²) in [4.78, 5) is 66.2. The second kappa shape index (κ2) is 9.87. The number of esters is 5. The highest BCUT2D eigenvalue weighted by atomic mass is 16.7. The van der Waals surface area contributed by atoms with Gasteiger partial charge < -0.3 is 44.1 Å². The Morgan fingerprint density at radius 1 is 0.774 bits per heavy atom. The van der Waals surface area contributed by atoms with Gasteiger partial charge in [0.25, 0.3) is 5.79 Å². The summed E-state index contributed by atoms with van der Waals surface area (Å²) in [5, 5.41) is 50.2. The molecule has 3 heterocycles. The normalized spacial score (nSPS) is 50.7. The minimum atomic E-state index is -2.51. The Hall–Kier alpha value is -3.85. The van der Waals surface area contributed by atoms with Crippen molar-refractivity contribution in [2.45, 2.75) is 94.9 Å². The Labute approximate surface area is 303 Å². The quantitative estimate of drug-likeness (QED) is 0.202. The highest BCUT2D eigenvalue weighted by molar-refractivity contribution is 5.98. The molecular formula is C39H42O14. The molecular weight excluding hydrogens is 692 g/mol. The van der Waals surface area contributed by atoms with E-state index >= 15 is 0 Å². The number of cyclic esters (lactones) is 3. The zero-order chi connectivity index (χ0) is 37.6. The van der Waals surface area contributed by atoms with Gasteiger partial charge in [-0.1, -0.05) is 13.8 Å². The molecule has 0 saturated heterocycles. The maximum absolute atomic E-state index is 14.4. The number of carbonyl (C=O) groups excluding carboxylic acids is 5. The average Bonchev–Trinajstić information content (AvgIpc) is 4.01. The summed E-state index contributed by atoms with van der Waals surface area (Å²) in [6, 6.07) is 0. The predicted octanol–water partition coefficient (Wildman–Crippen LogP) is 0.995. The van der Waals surface area contributed by atoms with Crippen LogP contribution in [0.2, 0.25) is 0 Å². The van der Waals surface area contributed by atoms with Crippen molar-refractivity contribution in [2.24, 2.45) is 46.3 Å². The predicted molar refractivity (Wildman–Crippen MR) is 174 cm³/mol. The minimum Gasteiger partial charge on any atom is -0.461 e. The van der Waals surface area contributed by atoms with Crippen molar-refractivity contribution in [1.29, 1.82) is 0 Å². The zero-order valence-corrected chi connectivity index (χ0v) is 29.9. The summed E-state index contributed by atoms with van der Waals surface area (Å²) in [7, 11) is 0. The van der Waals surface area contributed by atoms with Crippen molar-refractivity contribution in [2.75, 3.05) is 19.8 Å². The van der Waals surface area contributed by atoms with Crippen molar-refractivity contribution in [3.63, 3.8) is 0 Å². The third-order valence-corrected chi connectivity index (χ3v) is 15.5. The molecule has 4 N–H and O–H groups in total. The number of carbonyl (C=O) groups is 5. The fourth-order valence-corrected chi connectivity index (χ4v) is 13.2. The van der Waals surface area contributed by atoms with Gasteiger partial charge in [-0.15, -0.1) is 0 Å². The lowest BCUT2D eigenvalue weighted by molar-refractivity contribution is -0.244. The van der Waals surface area contributed by atoms with Gasteiger partial charge in [0.05, 0.1) is 24.0 Å². The van der Waals surface area contributed by atoms with Crippen LogP contribution in [0.3, 0.4) is 0 Å². The molecule has 10 rings (SSSR count). The highest BCUT2D eigenvalue weighted by Crippen LogP contribution is 2.84. The van der Waals surface area contributed by atoms with Crippen LogP contribution in [0.1, 0.15) is 66.2 Å². The summed E-state index contributed by atoms with van der Waals surface area (Å²) in [5.41, 5.74) is -5.48. The van der Waals surface area contributed by atoms with E-state index in [2.05, 4.69) is 0 Å². The van der Waals surface area contributed by atoms with Gasteiger partial charge in [0, 0.05) is 40.0 Å². The molecule has 0 aromatic carbocycles. The molecule has 5 fully saturated rings. The van der Waals surface area contributed by atoms with Crippen LogP contribution in [0.5, 0.6) is 0 Å². The Morgan fingerprint density at radius 2 is 1.45 bits per heavy atom. The summed E-state index contributed by atoms with van der Waals surface area (Å²) in [6.07, 6.45) is 0.162. The molecule has 2 bridgehead atoms. The molecule has 10 aliphatic rings. The van der Waals surface area contributed by atoms with Crippen LogP contribution in [0.15, 0.2) is 45.1 Å². The smallest absolute Gasteiger partial charge is 0.338 e. The van der Waals surface area contributed by atoms with E-state index < -0.39 is 87.8 Å². The fourth-order valence-electron chi connectivity index (χ4n) is 13.2. The number of aliphatic hydroxyl groups excluding tert-OH is 1. The first-order chi connectivity index (χ1) is 24.9. The monoisotopic (exact) mass is 734 g/mol. The third-order valence-electron chi connectivity index (χ3n) is 15.5. The van der Waals surface area contributed by atoms with E-state index in [1.165, 1.54) is 13.0 Å². The molecule has 14 nitrogen and oxygen atoms in total. The summed E-state index contributed by atoms with van der Waals surface area (Å²) in [5.74, 6) is -8.74. The first-order valence-corrected chi connectivity index (χ1v) is 18.5. The molecule has 7 aliphatic carbocycles. The van der Waals surface area contributed by atoms with Crippen LogP contribution in [0.4, 0.5) is 0 Å². The van der Waals surface area contributed by atoms with Crippen molar-refractivity contribution in [1.82, 2.24) is 0 Å². The largest absolute Gasteiger partial charge is 0.461 e. The summed E-state index contributed by atoms with van der Waals surface area (Å²) >= 11 is 0. The maximum Gasteiger partial charge on any atom is 0.338 e. The molecule has 0 aromatic rings. The first-order valence-electron chi connectivity index (χ1n) is 18.5. The van der Waals surface area contributed by atoms with E-state index in [1.807, 2.05) is 6.92 Å². The minimum absolute atomic E-state index is 0.00686. The lowest BCUT2D eigenvalue weighted by Crippen LogP contribution is -2.69. The van der Waals surface area contributed by atoms with Crippen LogP contribution < -0.4 is 0 Å². The Kier molecular flexibility index (Phi) is 6.27. The van der Waals surface area contributed by atoms with Gasteiger partial charge in [-0.25, -0.2) is 14.4 Å². The molecule has 14 heteroatoms. The van der Waals surface area contributed by atoms with Gasteiger partial charge >= 0.3 is 29.8 Å². The topological polar surface area (TPSA) is 212 Å². The van der Waals surface area contributed by atoms with Gasteiger partial charge in [0.1, 0.15) is 31.5 Å². The van der Waals surface area contributed by atoms with Crippen LogP contribution in [0.25, 0.3) is 0 Å². The number of rotatable bonds is 0. The third kappa shape index (κ3) is 3.71. The van der Waals surface area contributed by atoms with E-state index in [0.717, 1.165) is 0 Å². The number of ether oxygens (including phenoxy) is 5. The highest BCUT2D eigenvalue weighted by Gasteiger charge is 2.87. The van der Waals surface area contributed by atoms with Gasteiger partial charge in [0.2, 0.25) is 0 Å². The van der Waals surface area contributed by atoms with E-state index in [1.54, 1.807) is 13.8 Å². The van der Waals surface area contributed by atoms with E-state index in [-0.39, 0.29) is 84.9 Å². The van der Waals surface area contributed by atoms with Crippen molar-refractivity contribution < 1.29 is 68.1 Å². The SMILES string of the molecule is CC1=CC(=O)OC[C@]2(O)[C@H]3C[C@@H]3[C@]3(C)[C@@H]4C[C@@]5(O)C6=C(C7=C(C)C(=O)O[C@]7(O)[C@H](O)[C@@]6(C)[C@H]6C[C@@H]65)[C@@]45OC(=O)C(=C5C[C@@H]23)COC(=O)CCC(=O)OC1. The number of hydrogen-bond donors (Lipinski definition) is 4. The van der Waals surface area contributed by atoms with Crippen LogP contribution in [0, 0.1) is 46.3 Å². The summed E-state index contributed by atoms with van der Waals surface area (Å²) in [6.45, 7) is 5.75. The van der Waals surface area contributed by atoms with Gasteiger partial charge in [-0.05, 0) is 85.3 Å². The standard InChI is InChI=1S/C39H42O14/c1-15-7-27(42)51-14-37(47)22-8-19(22)34(3)23(37)10-18-17(13-50-26(41)6-5-25(40)49-12-15)32(44)52-38(18)24(34)11-36(46)21-9-20(21)35(4)30(36)29(38)28-16(2)31(43)53-39(28,48)33(35)45/h7,19-24,33,45-48H,5-6,8-14H2,1-4H3/t19-,20-,21-,22-,23+,24-,33+,34-,35-,36-,37-,38-,39-/m0/s1. The Bertz CT molecular complexity index is 2020. The number of aliphatic hydroxyl groups is 4. The molecule has 1 spiro atoms. The molecule has 0 unspecified atom stereocenters. The van der Waals surface area contributed by atoms with Gasteiger partial charge in [-0.2, -0.15) is 0 Å². The van der Waals surface area contributed by atoms with E-state index in [4.69, 9.17) is 23.7 Å². The van der Waals surface area contributed by atoms with Crippen molar-refractivity contribution >= 4 is 29.8 Å². The van der Waals surface area contributed by atoms with Crippen LogP contribution in [-0.2, 0) is 47.7 Å². The van der Waals surface area contributed by atoms with Gasteiger partial charge in [0.15, 0.2) is 5.60 Å². The number of fused-ring (bicyclic) bond motifs is 9. The second-order valence-corrected chi connectivity index (χ2v) is 17.7. The maximum atomic E-state index is 14.4. The Morgan fingerprint density at radius 3 is 2.17 bits per heavy atom. The zero-order valence-electron chi connectivity index (χ0n) is 29.9. The molecule has 53 heavy (non-hydrogen) atoms. The molecule has 3 aliphatic heterocycles. The molecule has 13 atom stereocenters. The molecule has 0 radical (unpaired) electrons. The number of hydrogen-bond acceptors (Lipinski definition) is 14. The molecule has 0 amide bonds. The summed E-state index contributed by atoms with van der Waals surface area (Å²) < 4.78 is 28.8. The van der Waals surface area contributed by atoms with Crippen molar-refractivity contribution in [3.8, 4) is 0 Å². The van der Waals surface area contributed by atoms with Gasteiger partial charge in [-0.3, -0.25) is 9.59 Å². The molecule has 0 aromatic heterocycles. The average molecular weight is 735 g/mol. The Balaban J connectivity index is 1.21. The first kappa shape index (κ1) is 33.7. The second-order valence-electron chi connectivity index (χ2n) is 17.7. The molecule has 282 valence electrons. The molecule has 5 saturated carbocycles. The van der Waals surface area contributed by atoms with Crippen LogP contribution >= 0.6 is 0 Å². The van der Waals surface area contributed by atoms with E-state index in [9.17, 15) is 44.4 Å². The fraction of sp³-hybridized carbons (Fsp3) is 0.667. The van der Waals surface area contributed by atoms with Crippen molar-refractivity contribution in [3.05, 3.63) is 45.1 Å². The van der Waals surface area contributed by atoms with E-state index in [0.29, 0.717) is 29.6 Å². The van der Waals surface area contributed by atoms with Crippen LogP contribution in [-0.4, -0.2) is 98.8 Å². The lowest BCUT2D eigenvalue weighted by atomic mass is 9.42. The lowest BCUT2D eigenvalue weighted by Gasteiger charge is -2.64.